The van der Waals surface area contributed by atoms with Gasteiger partial charge in [0.05, 0.1) is 22.6 Å². The normalized spacial score (nSPS) is 13.3. The Morgan fingerprint density at radius 1 is 1.00 bits per heavy atom. The van der Waals surface area contributed by atoms with E-state index in [0.717, 1.165) is 30.3 Å². The molecule has 1 aromatic heterocycles. The maximum atomic E-state index is 14.4. The molecule has 3 aromatic rings. The largest absolute Gasteiger partial charge is 0.433 e. The van der Waals surface area contributed by atoms with E-state index in [2.05, 4.69) is 15.0 Å². The van der Waals surface area contributed by atoms with Crippen LogP contribution in [0.3, 0.4) is 0 Å². The van der Waals surface area contributed by atoms with E-state index in [9.17, 15) is 35.3 Å². The first-order chi connectivity index (χ1) is 16.9. The number of pyridine rings is 1. The Kier molecular flexibility index (Phi) is 8.51. The number of amides is 1. The van der Waals surface area contributed by atoms with Crippen LogP contribution in [0.25, 0.3) is 11.3 Å². The van der Waals surface area contributed by atoms with Gasteiger partial charge in [-0.15, -0.1) is 0 Å². The van der Waals surface area contributed by atoms with Gasteiger partial charge in [0, 0.05) is 30.5 Å². The second kappa shape index (κ2) is 11.2. The Labute approximate surface area is 205 Å². The first kappa shape index (κ1) is 27.3. The molecule has 0 saturated carbocycles. The lowest BCUT2D eigenvalue weighted by Gasteiger charge is -2.17. The molecule has 2 aromatic carbocycles. The Morgan fingerprint density at radius 3 is 2.33 bits per heavy atom. The molecule has 1 heterocycles. The highest BCUT2D eigenvalue weighted by molar-refractivity contribution is 7.82. The number of benzene rings is 2. The molecular weight excluding hydrogens is 508 g/mol. The average molecular weight is 530 g/mol. The Hall–Kier alpha value is -3.25. The van der Waals surface area contributed by atoms with Crippen LogP contribution < -0.4 is 10.0 Å². The smallest absolute Gasteiger partial charge is 0.351 e. The summed E-state index contributed by atoms with van der Waals surface area (Å²) in [6.45, 7) is 1.18. The number of nitrogens with zero attached hydrogens (tertiary/aromatic N) is 1. The summed E-state index contributed by atoms with van der Waals surface area (Å²) in [5.41, 5.74) is -1.66. The third-order valence-electron chi connectivity index (χ3n) is 5.37. The van der Waals surface area contributed by atoms with Gasteiger partial charge >= 0.3 is 6.18 Å². The predicted molar refractivity (Wildman–Crippen MR) is 122 cm³/mol. The molecule has 1 amide bonds. The van der Waals surface area contributed by atoms with Gasteiger partial charge in [-0.1, -0.05) is 24.3 Å². The molecule has 5 nitrogen and oxygen atoms in total. The summed E-state index contributed by atoms with van der Waals surface area (Å²) < 4.78 is 95.8. The van der Waals surface area contributed by atoms with E-state index in [0.29, 0.717) is 11.6 Å². The molecule has 192 valence electrons. The number of rotatable bonds is 8. The SMILES string of the molecule is CC(C(=O)NCc1ccc(C(F)(F)F)nc1-c1cccc(F)c1F)c1ccc(CNS(C)=O)c(F)c1. The molecule has 0 radical (unpaired) electrons. The van der Waals surface area contributed by atoms with E-state index >= 15 is 0 Å². The molecule has 0 fully saturated rings. The molecule has 2 unspecified atom stereocenters. The first-order valence-corrected chi connectivity index (χ1v) is 12.1. The standard InChI is InChI=1S/C24H21F6N3O2S/c1-13(14-6-7-15(19(26)10-14)12-32-36(2)35)23(34)31-11-16-8-9-20(24(28,29)30)33-22(16)17-4-3-5-18(25)21(17)27/h3-10,13,32H,11-12H2,1-2H3,(H,31,34). The fourth-order valence-corrected chi connectivity index (χ4v) is 3.71. The zero-order valence-electron chi connectivity index (χ0n) is 19.1. The molecule has 3 rings (SSSR count). The van der Waals surface area contributed by atoms with Crippen LogP contribution in [-0.4, -0.2) is 21.4 Å². The minimum Gasteiger partial charge on any atom is -0.351 e. The van der Waals surface area contributed by atoms with Crippen LogP contribution in [0.5, 0.6) is 0 Å². The van der Waals surface area contributed by atoms with E-state index in [-0.39, 0.29) is 24.2 Å². The average Bonchev–Trinajstić information content (AvgIpc) is 2.82. The van der Waals surface area contributed by atoms with Crippen molar-refractivity contribution in [2.75, 3.05) is 6.26 Å². The van der Waals surface area contributed by atoms with Crippen molar-refractivity contribution < 1.29 is 35.3 Å². The van der Waals surface area contributed by atoms with Crippen molar-refractivity contribution in [3.05, 3.63) is 88.4 Å². The summed E-state index contributed by atoms with van der Waals surface area (Å²) in [6.07, 6.45) is -3.42. The fourth-order valence-electron chi connectivity index (χ4n) is 3.35. The van der Waals surface area contributed by atoms with Crippen molar-refractivity contribution in [1.29, 1.82) is 0 Å². The van der Waals surface area contributed by atoms with Crippen LogP contribution in [0.15, 0.2) is 48.5 Å². The monoisotopic (exact) mass is 529 g/mol. The second-order valence-corrected chi connectivity index (χ2v) is 9.07. The predicted octanol–water partition coefficient (Wildman–Crippen LogP) is 4.99. The Balaban J connectivity index is 1.83. The van der Waals surface area contributed by atoms with Crippen molar-refractivity contribution >= 4 is 16.9 Å². The van der Waals surface area contributed by atoms with Crippen molar-refractivity contribution in [3.63, 3.8) is 0 Å². The lowest BCUT2D eigenvalue weighted by atomic mass is 9.98. The van der Waals surface area contributed by atoms with Gasteiger partial charge < -0.3 is 5.32 Å². The molecular formula is C24H21F6N3O2S. The Morgan fingerprint density at radius 2 is 1.69 bits per heavy atom. The van der Waals surface area contributed by atoms with Gasteiger partial charge in [0.25, 0.3) is 0 Å². The van der Waals surface area contributed by atoms with E-state index in [1.165, 1.54) is 25.3 Å². The van der Waals surface area contributed by atoms with E-state index in [4.69, 9.17) is 0 Å². The molecule has 2 atom stereocenters. The summed E-state index contributed by atoms with van der Waals surface area (Å²) >= 11 is 0. The van der Waals surface area contributed by atoms with Gasteiger partial charge in [0.2, 0.25) is 5.91 Å². The molecule has 36 heavy (non-hydrogen) atoms. The maximum absolute atomic E-state index is 14.4. The number of aromatic nitrogens is 1. The van der Waals surface area contributed by atoms with Gasteiger partial charge in [-0.05, 0) is 42.3 Å². The van der Waals surface area contributed by atoms with Gasteiger partial charge in [-0.2, -0.15) is 13.2 Å². The van der Waals surface area contributed by atoms with Crippen LogP contribution in [0.4, 0.5) is 26.3 Å². The summed E-state index contributed by atoms with van der Waals surface area (Å²) in [5, 5.41) is 2.52. The minimum absolute atomic E-state index is 0.0215. The second-order valence-electron chi connectivity index (χ2n) is 7.87. The first-order valence-electron chi connectivity index (χ1n) is 10.5. The number of halogens is 6. The lowest BCUT2D eigenvalue weighted by Crippen LogP contribution is -2.28. The van der Waals surface area contributed by atoms with E-state index in [1.54, 1.807) is 0 Å². The highest BCUT2D eigenvalue weighted by atomic mass is 32.2. The molecule has 0 aliphatic rings. The van der Waals surface area contributed by atoms with Gasteiger partial charge in [0.1, 0.15) is 11.5 Å². The van der Waals surface area contributed by atoms with Gasteiger partial charge in [-0.25, -0.2) is 27.1 Å². The highest BCUT2D eigenvalue weighted by Gasteiger charge is 2.33. The van der Waals surface area contributed by atoms with Crippen molar-refractivity contribution in [2.45, 2.75) is 32.1 Å². The van der Waals surface area contributed by atoms with Crippen LogP contribution in [-0.2, 0) is 35.0 Å². The van der Waals surface area contributed by atoms with Crippen LogP contribution in [0.1, 0.15) is 35.2 Å². The van der Waals surface area contributed by atoms with E-state index < -0.39 is 63.4 Å². The summed E-state index contributed by atoms with van der Waals surface area (Å²) in [6, 6.07) is 8.87. The summed E-state index contributed by atoms with van der Waals surface area (Å²) in [7, 11) is -1.33. The third-order valence-corrected chi connectivity index (χ3v) is 5.92. The van der Waals surface area contributed by atoms with Crippen LogP contribution in [0, 0.1) is 17.5 Å². The zero-order chi connectivity index (χ0) is 26.6. The maximum Gasteiger partial charge on any atom is 0.433 e. The number of alkyl halides is 3. The zero-order valence-corrected chi connectivity index (χ0v) is 19.9. The minimum atomic E-state index is -4.83. The molecule has 0 saturated heterocycles. The number of hydrogen-bond donors (Lipinski definition) is 2. The summed E-state index contributed by atoms with van der Waals surface area (Å²) in [5.74, 6) is -4.68. The number of carbonyl (C=O) groups is 1. The van der Waals surface area contributed by atoms with Crippen molar-refractivity contribution in [1.82, 2.24) is 15.0 Å². The molecule has 0 aliphatic carbocycles. The quantitative estimate of drug-likeness (QED) is 0.404. The third kappa shape index (κ3) is 6.49. The number of hydrogen-bond acceptors (Lipinski definition) is 3. The highest BCUT2D eigenvalue weighted by Crippen LogP contribution is 2.32. The number of carbonyl (C=O) groups excluding carboxylic acids is 1. The van der Waals surface area contributed by atoms with Crippen LogP contribution >= 0.6 is 0 Å². The molecule has 0 bridgehead atoms. The fraction of sp³-hybridized carbons (Fsp3) is 0.250. The summed E-state index contributed by atoms with van der Waals surface area (Å²) in [4.78, 5) is 16.2. The number of nitrogens with one attached hydrogen (secondary N) is 2. The van der Waals surface area contributed by atoms with Crippen LogP contribution in [0.2, 0.25) is 0 Å². The van der Waals surface area contributed by atoms with Crippen molar-refractivity contribution in [3.8, 4) is 11.3 Å². The van der Waals surface area contributed by atoms with Gasteiger partial charge in [-0.3, -0.25) is 4.79 Å². The lowest BCUT2D eigenvalue weighted by molar-refractivity contribution is -0.141. The topological polar surface area (TPSA) is 71.1 Å². The molecule has 0 aliphatic heterocycles. The molecule has 0 spiro atoms. The molecule has 2 N–H and O–H groups in total. The molecule has 12 heteroatoms. The Bertz CT molecular complexity index is 1300. The van der Waals surface area contributed by atoms with Crippen molar-refractivity contribution in [2.24, 2.45) is 0 Å². The van der Waals surface area contributed by atoms with Gasteiger partial charge in [0.15, 0.2) is 11.6 Å². The van der Waals surface area contributed by atoms with E-state index in [1.807, 2.05) is 0 Å².